The van der Waals surface area contributed by atoms with E-state index >= 15 is 0 Å². The second-order valence-corrected chi connectivity index (χ2v) is 6.67. The third-order valence-corrected chi connectivity index (χ3v) is 4.76. The highest BCUT2D eigenvalue weighted by Gasteiger charge is 2.19. The molecule has 0 spiro atoms. The zero-order valence-corrected chi connectivity index (χ0v) is 14.1. The van der Waals surface area contributed by atoms with Gasteiger partial charge in [0.2, 0.25) is 5.16 Å². The van der Waals surface area contributed by atoms with E-state index in [1.165, 1.54) is 23.9 Å². The molecule has 1 aromatic heterocycles. The Kier molecular flexibility index (Phi) is 3.66. The van der Waals surface area contributed by atoms with Gasteiger partial charge in [-0.2, -0.15) is 0 Å². The molecular formula is C16H10BrFN4S. The molecule has 4 rings (SSSR count). The van der Waals surface area contributed by atoms with Crippen molar-refractivity contribution in [2.24, 2.45) is 0 Å². The summed E-state index contributed by atoms with van der Waals surface area (Å²) >= 11 is 4.93. The third kappa shape index (κ3) is 2.77. The van der Waals surface area contributed by atoms with E-state index in [1.54, 1.807) is 12.1 Å². The molecule has 2 aromatic carbocycles. The summed E-state index contributed by atoms with van der Waals surface area (Å²) in [7, 11) is 0. The van der Waals surface area contributed by atoms with Crippen molar-refractivity contribution in [3.63, 3.8) is 0 Å². The van der Waals surface area contributed by atoms with Crippen LogP contribution in [0.3, 0.4) is 0 Å². The monoisotopic (exact) mass is 388 g/mol. The largest absolute Gasteiger partial charge is 0.289 e. The van der Waals surface area contributed by atoms with Crippen molar-refractivity contribution in [2.75, 3.05) is 5.43 Å². The summed E-state index contributed by atoms with van der Waals surface area (Å²) in [6, 6.07) is 14.2. The first-order chi connectivity index (χ1) is 11.2. The van der Waals surface area contributed by atoms with Gasteiger partial charge in [-0.1, -0.05) is 39.8 Å². The summed E-state index contributed by atoms with van der Waals surface area (Å²) < 4.78 is 16.0. The lowest BCUT2D eigenvalue weighted by Gasteiger charge is -2.19. The zero-order valence-electron chi connectivity index (χ0n) is 11.7. The normalized spacial score (nSPS) is 13.2. The van der Waals surface area contributed by atoms with Crippen molar-refractivity contribution in [3.05, 3.63) is 69.8 Å². The molecule has 23 heavy (non-hydrogen) atoms. The minimum Gasteiger partial charge on any atom is -0.289 e. The molecule has 0 radical (unpaired) electrons. The van der Waals surface area contributed by atoms with E-state index < -0.39 is 0 Å². The first kappa shape index (κ1) is 14.5. The van der Waals surface area contributed by atoms with E-state index in [1.807, 2.05) is 34.3 Å². The number of halogens is 2. The van der Waals surface area contributed by atoms with Gasteiger partial charge in [0.1, 0.15) is 5.82 Å². The first-order valence-corrected chi connectivity index (χ1v) is 8.49. The Morgan fingerprint density at radius 1 is 0.957 bits per heavy atom. The van der Waals surface area contributed by atoms with Crippen LogP contribution in [0.15, 0.2) is 63.6 Å². The Morgan fingerprint density at radius 2 is 1.65 bits per heavy atom. The van der Waals surface area contributed by atoms with Crippen molar-refractivity contribution >= 4 is 33.4 Å². The number of hydrogen-bond acceptors (Lipinski definition) is 4. The van der Waals surface area contributed by atoms with Gasteiger partial charge in [0.25, 0.3) is 0 Å². The van der Waals surface area contributed by atoms with E-state index in [0.29, 0.717) is 5.82 Å². The fraction of sp³-hybridized carbons (Fsp3) is 0. The maximum atomic E-state index is 13.1. The van der Waals surface area contributed by atoms with Crippen LogP contribution in [0.5, 0.6) is 0 Å². The summed E-state index contributed by atoms with van der Waals surface area (Å²) in [5.41, 5.74) is 6.14. The van der Waals surface area contributed by atoms with E-state index in [0.717, 1.165) is 26.5 Å². The molecular weight excluding hydrogens is 379 g/mol. The van der Waals surface area contributed by atoms with Crippen molar-refractivity contribution in [3.8, 4) is 11.4 Å². The summed E-state index contributed by atoms with van der Waals surface area (Å²) in [6.07, 6.45) is 0. The average Bonchev–Trinajstić information content (AvgIpc) is 2.99. The summed E-state index contributed by atoms with van der Waals surface area (Å²) in [4.78, 5) is 0. The van der Waals surface area contributed by atoms with Crippen molar-refractivity contribution in [2.45, 2.75) is 5.16 Å². The number of hydrogen-bond donors (Lipinski definition) is 1. The Bertz CT molecular complexity index is 887. The molecule has 0 aliphatic carbocycles. The second kappa shape index (κ2) is 5.82. The lowest BCUT2D eigenvalue weighted by atomic mass is 10.2. The molecule has 114 valence electrons. The average molecular weight is 389 g/mol. The predicted octanol–water partition coefficient (Wildman–Crippen LogP) is 4.49. The summed E-state index contributed by atoms with van der Waals surface area (Å²) in [5, 5.41) is 11.1. The van der Waals surface area contributed by atoms with Crippen molar-refractivity contribution in [1.29, 1.82) is 0 Å². The van der Waals surface area contributed by atoms with E-state index in [4.69, 9.17) is 0 Å². The molecule has 1 aliphatic heterocycles. The highest BCUT2D eigenvalue weighted by atomic mass is 79.9. The SMILES string of the molecule is Fc1ccc(-c2nnc3n2NC(c2ccc(Br)cc2)=CS3)cc1. The van der Waals surface area contributed by atoms with Gasteiger partial charge in [0.15, 0.2) is 5.82 Å². The molecule has 4 nitrogen and oxygen atoms in total. The van der Waals surface area contributed by atoms with Crippen LogP contribution in [-0.2, 0) is 0 Å². The van der Waals surface area contributed by atoms with Gasteiger partial charge in [-0.05, 0) is 36.4 Å². The van der Waals surface area contributed by atoms with Crippen LogP contribution in [0.4, 0.5) is 4.39 Å². The fourth-order valence-corrected chi connectivity index (χ4v) is 3.26. The summed E-state index contributed by atoms with van der Waals surface area (Å²) in [6.45, 7) is 0. The summed E-state index contributed by atoms with van der Waals surface area (Å²) in [5.74, 6) is 0.375. The molecule has 2 heterocycles. The Morgan fingerprint density at radius 3 is 2.39 bits per heavy atom. The number of fused-ring (bicyclic) bond motifs is 1. The number of aromatic nitrogens is 3. The zero-order chi connectivity index (χ0) is 15.8. The number of rotatable bonds is 2. The molecule has 1 N–H and O–H groups in total. The number of nitrogens with one attached hydrogen (secondary N) is 1. The molecule has 0 atom stereocenters. The molecule has 3 aromatic rings. The lowest BCUT2D eigenvalue weighted by molar-refractivity contribution is 0.628. The van der Waals surface area contributed by atoms with Gasteiger partial charge >= 0.3 is 0 Å². The van der Waals surface area contributed by atoms with Crippen molar-refractivity contribution < 1.29 is 4.39 Å². The number of benzene rings is 2. The van der Waals surface area contributed by atoms with E-state index in [2.05, 4.69) is 31.6 Å². The van der Waals surface area contributed by atoms with Gasteiger partial charge in [-0.15, -0.1) is 10.2 Å². The van der Waals surface area contributed by atoms with Gasteiger partial charge in [-0.25, -0.2) is 9.07 Å². The van der Waals surface area contributed by atoms with Crippen LogP contribution in [0.1, 0.15) is 5.56 Å². The third-order valence-electron chi connectivity index (χ3n) is 3.41. The Hall–Kier alpha value is -2.12. The molecule has 0 saturated heterocycles. The van der Waals surface area contributed by atoms with E-state index in [9.17, 15) is 4.39 Å². The molecule has 0 fully saturated rings. The molecule has 1 aliphatic rings. The minimum atomic E-state index is -0.273. The van der Waals surface area contributed by atoms with E-state index in [-0.39, 0.29) is 5.82 Å². The second-order valence-electron chi connectivity index (χ2n) is 4.92. The smallest absolute Gasteiger partial charge is 0.214 e. The van der Waals surface area contributed by atoms with Crippen LogP contribution in [0, 0.1) is 5.82 Å². The Labute approximate surface area is 144 Å². The molecule has 0 saturated carbocycles. The fourth-order valence-electron chi connectivity index (χ4n) is 2.25. The minimum absolute atomic E-state index is 0.273. The number of thioether (sulfide) groups is 1. The molecule has 0 amide bonds. The van der Waals surface area contributed by atoms with Gasteiger partial charge < -0.3 is 0 Å². The maximum absolute atomic E-state index is 13.1. The maximum Gasteiger partial charge on any atom is 0.214 e. The standard InChI is InChI=1S/C16H10BrFN4S/c17-12-5-1-10(2-6-12)14-9-23-16-20-19-15(22(16)21-14)11-3-7-13(18)8-4-11/h1-9,21H. The van der Waals surface area contributed by atoms with Gasteiger partial charge in [-0.3, -0.25) is 5.43 Å². The lowest BCUT2D eigenvalue weighted by Crippen LogP contribution is -2.18. The van der Waals surface area contributed by atoms with Crippen LogP contribution < -0.4 is 5.43 Å². The highest BCUT2D eigenvalue weighted by Crippen LogP contribution is 2.31. The highest BCUT2D eigenvalue weighted by molar-refractivity contribution is 9.10. The van der Waals surface area contributed by atoms with Crippen LogP contribution in [-0.4, -0.2) is 14.9 Å². The molecule has 7 heteroatoms. The molecule has 0 unspecified atom stereocenters. The van der Waals surface area contributed by atoms with Gasteiger partial charge in [0, 0.05) is 21.0 Å². The predicted molar refractivity (Wildman–Crippen MR) is 92.8 cm³/mol. The number of nitrogens with zero attached hydrogens (tertiary/aromatic N) is 3. The topological polar surface area (TPSA) is 42.7 Å². The van der Waals surface area contributed by atoms with Crippen LogP contribution in [0.2, 0.25) is 0 Å². The first-order valence-electron chi connectivity index (χ1n) is 6.82. The van der Waals surface area contributed by atoms with Crippen LogP contribution in [0.25, 0.3) is 17.1 Å². The van der Waals surface area contributed by atoms with Crippen molar-refractivity contribution in [1.82, 2.24) is 14.9 Å². The Balaban J connectivity index is 1.69. The van der Waals surface area contributed by atoms with Crippen LogP contribution >= 0.6 is 27.7 Å². The molecule has 0 bridgehead atoms. The quantitative estimate of drug-likeness (QED) is 0.701. The van der Waals surface area contributed by atoms with Gasteiger partial charge in [0.05, 0.1) is 5.70 Å².